The lowest BCUT2D eigenvalue weighted by Crippen LogP contribution is -2.48. The van der Waals surface area contributed by atoms with Gasteiger partial charge in [0.2, 0.25) is 5.91 Å². The molecule has 1 fully saturated rings. The van der Waals surface area contributed by atoms with Crippen molar-refractivity contribution >= 4 is 5.91 Å². The fourth-order valence-corrected chi connectivity index (χ4v) is 3.08. The van der Waals surface area contributed by atoms with Crippen molar-refractivity contribution in [3.63, 3.8) is 0 Å². The number of hydrogen-bond acceptors (Lipinski definition) is 6. The zero-order chi connectivity index (χ0) is 20.3. The van der Waals surface area contributed by atoms with Crippen molar-refractivity contribution in [3.8, 4) is 11.8 Å². The zero-order valence-corrected chi connectivity index (χ0v) is 15.1. The Morgan fingerprint density at radius 1 is 1.25 bits per heavy atom. The van der Waals surface area contributed by atoms with E-state index in [0.717, 1.165) is 12.1 Å². The second-order valence-corrected chi connectivity index (χ2v) is 6.36. The van der Waals surface area contributed by atoms with Crippen LogP contribution in [-0.2, 0) is 17.5 Å². The van der Waals surface area contributed by atoms with Crippen molar-refractivity contribution in [3.05, 3.63) is 35.2 Å². The molecule has 0 saturated carbocycles. The van der Waals surface area contributed by atoms with E-state index in [4.69, 9.17) is 5.26 Å². The lowest BCUT2D eigenvalue weighted by molar-refractivity contribution is -0.137. The number of piperazine rings is 1. The average molecular weight is 393 g/mol. The first-order chi connectivity index (χ1) is 13.3. The molecule has 1 amide bonds. The summed E-state index contributed by atoms with van der Waals surface area (Å²) in [5.41, 5.74) is -1.35. The fourth-order valence-electron chi connectivity index (χ4n) is 3.08. The van der Waals surface area contributed by atoms with Crippen molar-refractivity contribution in [2.24, 2.45) is 0 Å². The van der Waals surface area contributed by atoms with Crippen LogP contribution in [-0.4, -0.2) is 62.1 Å². The number of amides is 1. The van der Waals surface area contributed by atoms with Crippen LogP contribution in [0.15, 0.2) is 18.2 Å². The normalized spacial score (nSPS) is 15.5. The minimum Gasteiger partial charge on any atom is -0.340 e. The average Bonchev–Trinajstić information content (AvgIpc) is 3.14. The number of nitrogens with zero attached hydrogens (tertiary/aromatic N) is 7. The highest BCUT2D eigenvalue weighted by molar-refractivity contribution is 5.75. The minimum atomic E-state index is -4.66. The van der Waals surface area contributed by atoms with E-state index >= 15 is 0 Å². The summed E-state index contributed by atoms with van der Waals surface area (Å²) < 4.78 is 40.9. The molecular formula is C17H18F3N7O. The van der Waals surface area contributed by atoms with Gasteiger partial charge in [0.05, 0.1) is 29.4 Å². The fraction of sp³-hybridized carbons (Fsp3) is 0.471. The molecule has 0 radical (unpaired) electrons. The van der Waals surface area contributed by atoms with E-state index in [1.807, 2.05) is 11.8 Å². The summed E-state index contributed by atoms with van der Waals surface area (Å²) in [6, 6.07) is 4.91. The van der Waals surface area contributed by atoms with Crippen LogP contribution in [0.4, 0.5) is 13.2 Å². The van der Waals surface area contributed by atoms with Gasteiger partial charge >= 0.3 is 6.18 Å². The summed E-state index contributed by atoms with van der Waals surface area (Å²) >= 11 is 0. The highest BCUT2D eigenvalue weighted by Gasteiger charge is 2.34. The topological polar surface area (TPSA) is 90.9 Å². The number of benzene rings is 1. The van der Waals surface area contributed by atoms with Crippen molar-refractivity contribution in [2.75, 3.05) is 26.2 Å². The van der Waals surface area contributed by atoms with Crippen LogP contribution >= 0.6 is 0 Å². The predicted molar refractivity (Wildman–Crippen MR) is 91.0 cm³/mol. The van der Waals surface area contributed by atoms with Gasteiger partial charge in [-0.2, -0.15) is 23.1 Å². The third-order valence-electron chi connectivity index (χ3n) is 4.60. The standard InChI is InChI=1S/C17H18F3N7O/c1-2-16(28)26-7-5-25(6-8-26)11-15-22-23-24-27(15)13-4-3-12(10-21)14(9-13)17(18,19)20/h3-4,9H,2,5-8,11H2,1H3. The van der Waals surface area contributed by atoms with Crippen molar-refractivity contribution in [1.29, 1.82) is 5.26 Å². The van der Waals surface area contributed by atoms with Crippen molar-refractivity contribution < 1.29 is 18.0 Å². The Morgan fingerprint density at radius 3 is 2.57 bits per heavy atom. The Morgan fingerprint density at radius 2 is 1.96 bits per heavy atom. The Kier molecular flexibility index (Phi) is 5.60. The third-order valence-corrected chi connectivity index (χ3v) is 4.60. The van der Waals surface area contributed by atoms with Gasteiger partial charge in [-0.1, -0.05) is 6.92 Å². The van der Waals surface area contributed by atoms with Crippen LogP contribution in [0.25, 0.3) is 5.69 Å². The number of alkyl halides is 3. The summed E-state index contributed by atoms with van der Waals surface area (Å²) in [5, 5.41) is 20.2. The number of nitriles is 1. The molecule has 1 saturated heterocycles. The number of carbonyl (C=O) groups is 1. The number of aromatic nitrogens is 4. The maximum Gasteiger partial charge on any atom is 0.417 e. The first kappa shape index (κ1) is 19.8. The predicted octanol–water partition coefficient (Wildman–Crippen LogP) is 1.61. The monoisotopic (exact) mass is 393 g/mol. The molecule has 1 aliphatic heterocycles. The van der Waals surface area contributed by atoms with Gasteiger partial charge in [0, 0.05) is 32.6 Å². The lowest BCUT2D eigenvalue weighted by Gasteiger charge is -2.34. The van der Waals surface area contributed by atoms with Gasteiger partial charge in [-0.15, -0.1) is 5.10 Å². The second kappa shape index (κ2) is 7.93. The largest absolute Gasteiger partial charge is 0.417 e. The quantitative estimate of drug-likeness (QED) is 0.784. The first-order valence-corrected chi connectivity index (χ1v) is 8.72. The Bertz CT molecular complexity index is 895. The van der Waals surface area contributed by atoms with E-state index in [9.17, 15) is 18.0 Å². The molecule has 8 nitrogen and oxygen atoms in total. The molecule has 2 heterocycles. The van der Waals surface area contributed by atoms with Gasteiger partial charge in [0.25, 0.3) is 0 Å². The van der Waals surface area contributed by atoms with Crippen LogP contribution in [0.3, 0.4) is 0 Å². The van der Waals surface area contributed by atoms with E-state index in [1.165, 1.54) is 10.7 Å². The SMILES string of the molecule is CCC(=O)N1CCN(Cc2nnnn2-c2ccc(C#N)c(C(F)(F)F)c2)CC1. The van der Waals surface area contributed by atoms with Crippen LogP contribution in [0.2, 0.25) is 0 Å². The van der Waals surface area contributed by atoms with Gasteiger partial charge < -0.3 is 4.90 Å². The Hall–Kier alpha value is -3.00. The van der Waals surface area contributed by atoms with E-state index in [0.29, 0.717) is 45.0 Å². The summed E-state index contributed by atoms with van der Waals surface area (Å²) in [6.45, 7) is 4.57. The maximum absolute atomic E-state index is 13.2. The van der Waals surface area contributed by atoms with Crippen LogP contribution in [0, 0.1) is 11.3 Å². The summed E-state index contributed by atoms with van der Waals surface area (Å²) in [6.07, 6.45) is -4.20. The number of hydrogen-bond donors (Lipinski definition) is 0. The van der Waals surface area contributed by atoms with Gasteiger partial charge in [-0.05, 0) is 28.6 Å². The van der Waals surface area contributed by atoms with E-state index < -0.39 is 17.3 Å². The van der Waals surface area contributed by atoms with Crippen molar-refractivity contribution in [1.82, 2.24) is 30.0 Å². The number of rotatable bonds is 4. The first-order valence-electron chi connectivity index (χ1n) is 8.72. The molecule has 148 valence electrons. The molecule has 0 aliphatic carbocycles. The van der Waals surface area contributed by atoms with Gasteiger partial charge in [0.15, 0.2) is 5.82 Å². The molecule has 0 bridgehead atoms. The van der Waals surface area contributed by atoms with Crippen LogP contribution < -0.4 is 0 Å². The van der Waals surface area contributed by atoms with E-state index in [2.05, 4.69) is 15.5 Å². The molecule has 0 atom stereocenters. The molecule has 3 rings (SSSR count). The van der Waals surface area contributed by atoms with Gasteiger partial charge in [0.1, 0.15) is 0 Å². The Balaban J connectivity index is 1.78. The molecule has 11 heteroatoms. The third kappa shape index (κ3) is 4.12. The highest BCUT2D eigenvalue weighted by atomic mass is 19.4. The van der Waals surface area contributed by atoms with Gasteiger partial charge in [-0.3, -0.25) is 9.69 Å². The van der Waals surface area contributed by atoms with Gasteiger partial charge in [-0.25, -0.2) is 0 Å². The Labute approximate surface area is 159 Å². The smallest absolute Gasteiger partial charge is 0.340 e. The molecule has 2 aromatic rings. The highest BCUT2D eigenvalue weighted by Crippen LogP contribution is 2.33. The summed E-state index contributed by atoms with van der Waals surface area (Å²) in [4.78, 5) is 15.6. The van der Waals surface area contributed by atoms with E-state index in [-0.39, 0.29) is 11.6 Å². The maximum atomic E-state index is 13.2. The molecule has 0 N–H and O–H groups in total. The lowest BCUT2D eigenvalue weighted by atomic mass is 10.1. The zero-order valence-electron chi connectivity index (χ0n) is 15.1. The molecule has 28 heavy (non-hydrogen) atoms. The molecular weight excluding hydrogens is 375 g/mol. The summed E-state index contributed by atoms with van der Waals surface area (Å²) in [7, 11) is 0. The number of carbonyl (C=O) groups excluding carboxylic acids is 1. The molecule has 0 unspecified atom stereocenters. The molecule has 0 spiro atoms. The van der Waals surface area contributed by atoms with Crippen LogP contribution in [0.5, 0.6) is 0 Å². The minimum absolute atomic E-state index is 0.0988. The number of halogens is 3. The molecule has 1 aromatic heterocycles. The van der Waals surface area contributed by atoms with Crippen molar-refractivity contribution in [2.45, 2.75) is 26.1 Å². The summed E-state index contributed by atoms with van der Waals surface area (Å²) in [5.74, 6) is 0.481. The van der Waals surface area contributed by atoms with Crippen LogP contribution in [0.1, 0.15) is 30.3 Å². The molecule has 1 aliphatic rings. The second-order valence-electron chi connectivity index (χ2n) is 6.36. The number of tetrazole rings is 1. The van der Waals surface area contributed by atoms with E-state index in [1.54, 1.807) is 11.0 Å². The molecule has 1 aromatic carbocycles.